The molecule has 3 heterocycles. The van der Waals surface area contributed by atoms with E-state index in [1.54, 1.807) is 12.1 Å². The first kappa shape index (κ1) is 39.2. The summed E-state index contributed by atoms with van der Waals surface area (Å²) in [6, 6.07) is 62.9. The molecule has 320 valence electrons. The van der Waals surface area contributed by atoms with Crippen LogP contribution in [0, 0.1) is 0 Å². The number of fused-ring (bicyclic) bond motifs is 6. The maximum atomic E-state index is 11.2. The number of aromatic hydroxyl groups is 5. The second-order valence-electron chi connectivity index (χ2n) is 16.3. The second kappa shape index (κ2) is 15.4. The SMILES string of the molecule is Oc1c(O)c(O)c(-c2nc(-c3ccccc3)nc(-c3cc(-c4ccccc4)cc4c3oc3cc(-c5ccccc5)cc(-n5c6ccccc6c6cc(-c7ccccc7)ccc65)c34)n2)c(O)c1O. The van der Waals surface area contributed by atoms with Crippen LogP contribution in [0.25, 0.3) is 117 Å². The molecule has 0 radical (unpaired) electrons. The van der Waals surface area contributed by atoms with Crippen LogP contribution in [0.4, 0.5) is 0 Å². The van der Waals surface area contributed by atoms with Crippen LogP contribution in [-0.2, 0) is 0 Å². The largest absolute Gasteiger partial charge is 0.504 e. The van der Waals surface area contributed by atoms with Gasteiger partial charge in [0, 0.05) is 21.7 Å². The van der Waals surface area contributed by atoms with Gasteiger partial charge in [0.2, 0.25) is 17.2 Å². The number of hydrogen-bond donors (Lipinski definition) is 5. The van der Waals surface area contributed by atoms with Gasteiger partial charge in [-0.05, 0) is 75.8 Å². The summed E-state index contributed by atoms with van der Waals surface area (Å²) in [5.41, 5.74) is 10.4. The van der Waals surface area contributed by atoms with Crippen molar-refractivity contribution in [3.05, 3.63) is 188 Å². The van der Waals surface area contributed by atoms with Gasteiger partial charge in [-0.15, -0.1) is 0 Å². The number of phenols is 5. The number of aromatic nitrogens is 4. The van der Waals surface area contributed by atoms with Gasteiger partial charge in [0.05, 0.1) is 27.7 Å². The normalized spacial score (nSPS) is 11.6. The molecule has 9 aromatic carbocycles. The van der Waals surface area contributed by atoms with E-state index in [1.165, 1.54) is 0 Å². The molecule has 3 aromatic heterocycles. The minimum Gasteiger partial charge on any atom is -0.504 e. The van der Waals surface area contributed by atoms with E-state index in [4.69, 9.17) is 14.4 Å². The monoisotopic (exact) mass is 872 g/mol. The van der Waals surface area contributed by atoms with E-state index in [9.17, 15) is 25.5 Å². The number of benzene rings is 9. The lowest BCUT2D eigenvalue weighted by molar-refractivity contribution is 0.329. The minimum atomic E-state index is -1.10. The zero-order valence-electron chi connectivity index (χ0n) is 35.3. The first-order chi connectivity index (χ1) is 32.8. The summed E-state index contributed by atoms with van der Waals surface area (Å²) in [7, 11) is 0. The lowest BCUT2D eigenvalue weighted by atomic mass is 9.97. The molecule has 0 atom stereocenters. The number of para-hydroxylation sites is 1. The molecule has 10 nitrogen and oxygen atoms in total. The number of furan rings is 1. The summed E-state index contributed by atoms with van der Waals surface area (Å²) >= 11 is 0. The van der Waals surface area contributed by atoms with Crippen molar-refractivity contribution in [1.29, 1.82) is 0 Å². The standard InChI is InChI=1S/C57H36N4O6/c62-49-48(50(63)52(65)53(66)51(49)64)57-59-55(35-21-11-4-12-22-35)58-56(60-57)42-29-37(33-17-7-2-8-18-33)28-41-47-45(30-38(31-46(47)67-54(41)42)34-19-9-3-10-20-34)61-43-24-14-13-23-39(43)40-27-36(25-26-44(40)61)32-15-5-1-6-16-32/h1-31,62-66H. The van der Waals surface area contributed by atoms with Crippen molar-refractivity contribution in [3.8, 4) is 102 Å². The predicted octanol–water partition coefficient (Wildman–Crippen LogP) is 13.4. The number of rotatable bonds is 7. The summed E-state index contributed by atoms with van der Waals surface area (Å²) in [6.45, 7) is 0. The maximum Gasteiger partial charge on any atom is 0.208 e. The number of hydrogen-bond acceptors (Lipinski definition) is 9. The van der Waals surface area contributed by atoms with Gasteiger partial charge in [0.1, 0.15) is 16.7 Å². The maximum absolute atomic E-state index is 11.2. The summed E-state index contributed by atoms with van der Waals surface area (Å²) in [6.07, 6.45) is 0. The van der Waals surface area contributed by atoms with E-state index in [-0.39, 0.29) is 17.5 Å². The lowest BCUT2D eigenvalue weighted by Crippen LogP contribution is -2.01. The van der Waals surface area contributed by atoms with Crippen molar-refractivity contribution >= 4 is 43.7 Å². The van der Waals surface area contributed by atoms with E-state index in [2.05, 4.69) is 88.4 Å². The molecule has 12 rings (SSSR count). The van der Waals surface area contributed by atoms with Gasteiger partial charge >= 0.3 is 0 Å². The Bertz CT molecular complexity index is 3880. The predicted molar refractivity (Wildman–Crippen MR) is 262 cm³/mol. The molecule has 0 unspecified atom stereocenters. The van der Waals surface area contributed by atoms with E-state index < -0.39 is 34.3 Å². The molecule has 0 amide bonds. The van der Waals surface area contributed by atoms with Crippen LogP contribution in [0.5, 0.6) is 28.7 Å². The molecule has 12 aromatic rings. The molecular weight excluding hydrogens is 837 g/mol. The van der Waals surface area contributed by atoms with Crippen LogP contribution >= 0.6 is 0 Å². The van der Waals surface area contributed by atoms with E-state index >= 15 is 0 Å². The average Bonchev–Trinajstić information content (AvgIpc) is 3.93. The van der Waals surface area contributed by atoms with Gasteiger partial charge in [-0.2, -0.15) is 0 Å². The van der Waals surface area contributed by atoms with Crippen LogP contribution in [0.15, 0.2) is 192 Å². The fraction of sp³-hybridized carbons (Fsp3) is 0. The summed E-state index contributed by atoms with van der Waals surface area (Å²) in [5.74, 6) is -5.09. The fourth-order valence-corrected chi connectivity index (χ4v) is 9.19. The van der Waals surface area contributed by atoms with Gasteiger partial charge < -0.3 is 34.5 Å². The Morgan fingerprint density at radius 1 is 0.358 bits per heavy atom. The van der Waals surface area contributed by atoms with Crippen molar-refractivity contribution in [3.63, 3.8) is 0 Å². The highest BCUT2D eigenvalue weighted by molar-refractivity contribution is 6.18. The van der Waals surface area contributed by atoms with E-state index in [1.807, 2.05) is 97.1 Å². The Balaban J connectivity index is 1.21. The quantitative estimate of drug-likeness (QED) is 0.0776. The molecule has 0 aliphatic rings. The Labute approximate surface area is 381 Å². The lowest BCUT2D eigenvalue weighted by Gasteiger charge is -2.14. The molecule has 0 aliphatic heterocycles. The zero-order chi connectivity index (χ0) is 45.3. The van der Waals surface area contributed by atoms with Crippen LogP contribution in [0.3, 0.4) is 0 Å². The van der Waals surface area contributed by atoms with Crippen molar-refractivity contribution in [2.75, 3.05) is 0 Å². The molecule has 5 N–H and O–H groups in total. The first-order valence-corrected chi connectivity index (χ1v) is 21.6. The van der Waals surface area contributed by atoms with Crippen LogP contribution < -0.4 is 0 Å². The van der Waals surface area contributed by atoms with Gasteiger partial charge in [-0.3, -0.25) is 0 Å². The summed E-state index contributed by atoms with van der Waals surface area (Å²) in [4.78, 5) is 14.5. The Morgan fingerprint density at radius 3 is 1.49 bits per heavy atom. The average molecular weight is 873 g/mol. The molecule has 0 spiro atoms. The molecule has 0 fully saturated rings. The molecule has 67 heavy (non-hydrogen) atoms. The Morgan fingerprint density at radius 2 is 0.851 bits per heavy atom. The molecular formula is C57H36N4O6. The molecule has 0 bridgehead atoms. The second-order valence-corrected chi connectivity index (χ2v) is 16.3. The Hall–Kier alpha value is -9.41. The van der Waals surface area contributed by atoms with Gasteiger partial charge in [0.25, 0.3) is 0 Å². The summed E-state index contributed by atoms with van der Waals surface area (Å²) in [5, 5.41) is 57.8. The third-order valence-electron chi connectivity index (χ3n) is 12.4. The third kappa shape index (κ3) is 6.38. The van der Waals surface area contributed by atoms with Crippen molar-refractivity contribution in [2.45, 2.75) is 0 Å². The number of nitrogens with zero attached hydrogens (tertiary/aromatic N) is 4. The Kier molecular flexibility index (Phi) is 9.01. The van der Waals surface area contributed by atoms with Gasteiger partial charge in [-0.1, -0.05) is 146 Å². The van der Waals surface area contributed by atoms with Crippen LogP contribution in [-0.4, -0.2) is 45.1 Å². The van der Waals surface area contributed by atoms with Crippen molar-refractivity contribution < 1.29 is 29.9 Å². The van der Waals surface area contributed by atoms with E-state index in [0.29, 0.717) is 22.3 Å². The third-order valence-corrected chi connectivity index (χ3v) is 12.4. The van der Waals surface area contributed by atoms with Gasteiger partial charge in [0.15, 0.2) is 29.0 Å². The molecule has 0 aliphatic carbocycles. The van der Waals surface area contributed by atoms with E-state index in [0.717, 1.165) is 71.6 Å². The smallest absolute Gasteiger partial charge is 0.208 e. The highest BCUT2D eigenvalue weighted by atomic mass is 16.4. The minimum absolute atomic E-state index is 0.103. The topological polar surface area (TPSA) is 158 Å². The molecule has 0 saturated heterocycles. The number of phenolic OH excluding ortho intramolecular Hbond substituents is 5. The fourth-order valence-electron chi connectivity index (χ4n) is 9.19. The highest BCUT2D eigenvalue weighted by Gasteiger charge is 2.29. The van der Waals surface area contributed by atoms with Gasteiger partial charge in [-0.25, -0.2) is 15.0 Å². The molecule has 0 saturated carbocycles. The van der Waals surface area contributed by atoms with Crippen LogP contribution in [0.2, 0.25) is 0 Å². The highest BCUT2D eigenvalue weighted by Crippen LogP contribution is 2.54. The van der Waals surface area contributed by atoms with Crippen LogP contribution in [0.1, 0.15) is 0 Å². The van der Waals surface area contributed by atoms with Crippen molar-refractivity contribution in [1.82, 2.24) is 19.5 Å². The van der Waals surface area contributed by atoms with Crippen molar-refractivity contribution in [2.24, 2.45) is 0 Å². The first-order valence-electron chi connectivity index (χ1n) is 21.6. The summed E-state index contributed by atoms with van der Waals surface area (Å²) < 4.78 is 9.41. The zero-order valence-corrected chi connectivity index (χ0v) is 35.3. The molecule has 10 heteroatoms.